The van der Waals surface area contributed by atoms with Crippen molar-refractivity contribution in [2.75, 3.05) is 0 Å². The van der Waals surface area contributed by atoms with Crippen molar-refractivity contribution < 1.29 is 15.0 Å². The van der Waals surface area contributed by atoms with E-state index in [2.05, 4.69) is 10.1 Å². The average molecular weight is 523 g/mol. The number of hydrogen-bond donors (Lipinski definition) is 2. The van der Waals surface area contributed by atoms with Crippen molar-refractivity contribution in [3.05, 3.63) is 64.9 Å². The molecule has 5 aromatic rings. The van der Waals surface area contributed by atoms with Crippen LogP contribution in [0, 0.1) is 6.92 Å². The Hall–Kier alpha value is -3.33. The largest absolute Gasteiger partial charge is 0.481 e. The van der Waals surface area contributed by atoms with Crippen LogP contribution >= 0.6 is 22.9 Å². The van der Waals surface area contributed by atoms with Crippen molar-refractivity contribution in [2.24, 2.45) is 7.05 Å². The zero-order valence-electron chi connectivity index (χ0n) is 20.7. The normalized spacial score (nSPS) is 11.5. The van der Waals surface area contributed by atoms with E-state index in [9.17, 15) is 9.90 Å². The third-order valence-electron chi connectivity index (χ3n) is 5.33. The third-order valence-corrected chi connectivity index (χ3v) is 6.67. The molecule has 0 bridgehead atoms. The van der Waals surface area contributed by atoms with Gasteiger partial charge in [-0.1, -0.05) is 23.7 Å². The van der Waals surface area contributed by atoms with E-state index < -0.39 is 11.6 Å². The maximum atomic E-state index is 11.6. The summed E-state index contributed by atoms with van der Waals surface area (Å²) in [6.45, 7) is 7.16. The standard InChI is InChI=1S/C23H17ClN4O2S.C4H10O/c1-12-9-17-22(20(15(12)10-19(29)30)13-3-5-14(24)6-4-13)31-23(26-17)21-16-11-25-8-7-18(16)28(2)27-21;1-4(2,3)5/h3-9,11H,10H2,1-2H3,(H,29,30);5H,1-3H3. The van der Waals surface area contributed by atoms with Gasteiger partial charge in [-0.25, -0.2) is 4.98 Å². The SMILES string of the molecule is CC(C)(C)O.Cc1cc2nc(-c3nn(C)c4ccncc34)sc2c(-c2ccc(Cl)cc2)c1CC(=O)O. The molecule has 0 aliphatic rings. The van der Waals surface area contributed by atoms with E-state index in [-0.39, 0.29) is 6.42 Å². The molecule has 3 heterocycles. The summed E-state index contributed by atoms with van der Waals surface area (Å²) in [6, 6.07) is 11.3. The van der Waals surface area contributed by atoms with Gasteiger partial charge in [0.25, 0.3) is 0 Å². The van der Waals surface area contributed by atoms with Crippen molar-refractivity contribution in [1.29, 1.82) is 0 Å². The Morgan fingerprint density at radius 3 is 2.47 bits per heavy atom. The first kappa shape index (κ1) is 25.8. The Balaban J connectivity index is 0.000000556. The number of fused-ring (bicyclic) bond motifs is 2. The summed E-state index contributed by atoms with van der Waals surface area (Å²) in [6.07, 6.45) is 3.47. The number of aliphatic carboxylic acids is 1. The van der Waals surface area contributed by atoms with E-state index in [4.69, 9.17) is 21.7 Å². The number of carbonyl (C=O) groups is 1. The lowest BCUT2D eigenvalue weighted by molar-refractivity contribution is -0.136. The number of thiazole rings is 1. The van der Waals surface area contributed by atoms with Gasteiger partial charge in [0.05, 0.1) is 27.8 Å². The number of halogens is 1. The Morgan fingerprint density at radius 1 is 1.17 bits per heavy atom. The van der Waals surface area contributed by atoms with Crippen LogP contribution in [0.1, 0.15) is 31.9 Å². The van der Waals surface area contributed by atoms with Crippen LogP contribution in [0.2, 0.25) is 5.02 Å². The van der Waals surface area contributed by atoms with Crippen molar-refractivity contribution in [1.82, 2.24) is 19.7 Å². The number of nitrogens with zero attached hydrogens (tertiary/aromatic N) is 4. The van der Waals surface area contributed by atoms with Crippen LogP contribution < -0.4 is 0 Å². The minimum atomic E-state index is -0.871. The highest BCUT2D eigenvalue weighted by molar-refractivity contribution is 7.22. The quantitative estimate of drug-likeness (QED) is 0.288. The van der Waals surface area contributed by atoms with Gasteiger partial charge in [0.2, 0.25) is 0 Å². The van der Waals surface area contributed by atoms with Gasteiger partial charge in [-0.15, -0.1) is 11.3 Å². The van der Waals surface area contributed by atoms with Crippen LogP contribution in [0.25, 0.3) is 42.9 Å². The first-order valence-corrected chi connectivity index (χ1v) is 12.5. The first-order chi connectivity index (χ1) is 16.9. The molecule has 0 saturated heterocycles. The second kappa shape index (κ2) is 9.97. The van der Waals surface area contributed by atoms with E-state index in [1.54, 1.807) is 33.2 Å². The first-order valence-electron chi connectivity index (χ1n) is 11.3. The molecule has 0 spiro atoms. The Bertz CT molecular complexity index is 1560. The summed E-state index contributed by atoms with van der Waals surface area (Å²) in [4.78, 5) is 20.7. The molecule has 186 valence electrons. The van der Waals surface area contributed by atoms with E-state index in [0.29, 0.717) is 5.02 Å². The van der Waals surface area contributed by atoms with Gasteiger partial charge in [-0.3, -0.25) is 14.5 Å². The molecule has 5 rings (SSSR count). The molecule has 0 radical (unpaired) electrons. The van der Waals surface area contributed by atoms with Crippen molar-refractivity contribution in [3.8, 4) is 21.8 Å². The topological polar surface area (TPSA) is 101 Å². The molecule has 0 aliphatic heterocycles. The predicted octanol–water partition coefficient (Wildman–Crippen LogP) is 6.28. The summed E-state index contributed by atoms with van der Waals surface area (Å²) in [5, 5.41) is 25.1. The molecular weight excluding hydrogens is 496 g/mol. The van der Waals surface area contributed by atoms with Crippen LogP contribution in [0.3, 0.4) is 0 Å². The number of pyridine rings is 1. The van der Waals surface area contributed by atoms with E-state index in [1.807, 2.05) is 55.1 Å². The smallest absolute Gasteiger partial charge is 0.307 e. The second-order valence-corrected chi connectivity index (χ2v) is 11.0. The second-order valence-electron chi connectivity index (χ2n) is 9.53. The number of carboxylic acids is 1. The summed E-state index contributed by atoms with van der Waals surface area (Å²) >= 11 is 7.61. The summed E-state index contributed by atoms with van der Waals surface area (Å²) in [5.41, 5.74) is 5.54. The Morgan fingerprint density at radius 2 is 1.83 bits per heavy atom. The van der Waals surface area contributed by atoms with Crippen LogP contribution in [0.4, 0.5) is 0 Å². The molecule has 0 fully saturated rings. The van der Waals surface area contributed by atoms with Crippen molar-refractivity contribution in [3.63, 3.8) is 0 Å². The number of aryl methyl sites for hydroxylation is 2. The molecule has 7 nitrogen and oxygen atoms in total. The van der Waals surface area contributed by atoms with Gasteiger partial charge in [0.15, 0.2) is 0 Å². The number of rotatable bonds is 4. The van der Waals surface area contributed by atoms with Crippen LogP contribution in [0.15, 0.2) is 48.8 Å². The Labute approximate surface area is 218 Å². The van der Waals surface area contributed by atoms with E-state index >= 15 is 0 Å². The molecule has 9 heteroatoms. The van der Waals surface area contributed by atoms with Gasteiger partial charge in [-0.2, -0.15) is 5.10 Å². The fourth-order valence-electron chi connectivity index (χ4n) is 3.90. The molecule has 36 heavy (non-hydrogen) atoms. The maximum absolute atomic E-state index is 11.6. The highest BCUT2D eigenvalue weighted by atomic mass is 35.5. The summed E-state index contributed by atoms with van der Waals surface area (Å²) in [7, 11) is 1.90. The molecule has 3 aromatic heterocycles. The molecule has 2 aromatic carbocycles. The Kier molecular flexibility index (Phi) is 7.13. The predicted molar refractivity (Wildman–Crippen MR) is 146 cm³/mol. The summed E-state index contributed by atoms with van der Waals surface area (Å²) in [5.74, 6) is -0.871. The summed E-state index contributed by atoms with van der Waals surface area (Å²) < 4.78 is 2.75. The molecule has 2 N–H and O–H groups in total. The fraction of sp³-hybridized carbons (Fsp3) is 0.259. The van der Waals surface area contributed by atoms with Gasteiger partial charge >= 0.3 is 5.97 Å². The van der Waals surface area contributed by atoms with Gasteiger partial charge in [0.1, 0.15) is 10.7 Å². The lowest BCUT2D eigenvalue weighted by Gasteiger charge is -2.13. The zero-order chi connectivity index (χ0) is 26.2. The van der Waals surface area contributed by atoms with Gasteiger partial charge in [0, 0.05) is 35.4 Å². The highest BCUT2D eigenvalue weighted by Gasteiger charge is 2.21. The van der Waals surface area contributed by atoms with E-state index in [0.717, 1.165) is 54.1 Å². The number of aromatic nitrogens is 4. The molecule has 0 saturated carbocycles. The number of aliphatic hydroxyl groups is 1. The third kappa shape index (κ3) is 5.56. The fourth-order valence-corrected chi connectivity index (χ4v) is 5.17. The minimum Gasteiger partial charge on any atom is -0.481 e. The van der Waals surface area contributed by atoms with Crippen molar-refractivity contribution in [2.45, 2.75) is 39.7 Å². The molecule has 0 unspecified atom stereocenters. The number of benzene rings is 2. The van der Waals surface area contributed by atoms with Gasteiger partial charge in [-0.05, 0) is 68.7 Å². The van der Waals surface area contributed by atoms with Crippen LogP contribution in [0.5, 0.6) is 0 Å². The molecule has 0 aliphatic carbocycles. The highest BCUT2D eigenvalue weighted by Crippen LogP contribution is 2.41. The van der Waals surface area contributed by atoms with Crippen LogP contribution in [-0.4, -0.2) is 41.5 Å². The lowest BCUT2D eigenvalue weighted by Crippen LogP contribution is -2.10. The zero-order valence-corrected chi connectivity index (χ0v) is 22.3. The number of carboxylic acid groups (broad SMARTS) is 1. The molecule has 0 atom stereocenters. The lowest BCUT2D eigenvalue weighted by atomic mass is 9.93. The number of hydrogen-bond acceptors (Lipinski definition) is 6. The van der Waals surface area contributed by atoms with Crippen molar-refractivity contribution >= 4 is 50.0 Å². The van der Waals surface area contributed by atoms with Gasteiger partial charge < -0.3 is 10.2 Å². The average Bonchev–Trinajstić information content (AvgIpc) is 3.35. The minimum absolute atomic E-state index is 0.0661. The molecular formula is C27H27ClN4O3S. The van der Waals surface area contributed by atoms with Crippen LogP contribution in [-0.2, 0) is 18.3 Å². The maximum Gasteiger partial charge on any atom is 0.307 e. The monoisotopic (exact) mass is 522 g/mol. The molecule has 0 amide bonds. The van der Waals surface area contributed by atoms with E-state index in [1.165, 1.54) is 11.3 Å².